The van der Waals surface area contributed by atoms with Crippen molar-refractivity contribution >= 4 is 16.9 Å². The van der Waals surface area contributed by atoms with Crippen LogP contribution in [0.2, 0.25) is 0 Å². The van der Waals surface area contributed by atoms with Gasteiger partial charge in [0.15, 0.2) is 17.1 Å². The topological polar surface area (TPSA) is 87.5 Å². The van der Waals surface area contributed by atoms with Crippen LogP contribution in [0.3, 0.4) is 0 Å². The van der Waals surface area contributed by atoms with Gasteiger partial charge in [0, 0.05) is 18.2 Å². The standard InChI is InChI=1S/C23H26N4O4/c1-14(2)27-22-18(12-24-27)17(23(28)25-16-4-3-7-29-13-16)11-19(26-22)15-5-6-20-21(10-15)31-9-8-30-20/h5-6,10-12,14,16H,3-4,7-9,13H2,1-2H3,(H,25,28). The third kappa shape index (κ3) is 3.83. The van der Waals surface area contributed by atoms with Crippen LogP contribution in [0.4, 0.5) is 0 Å². The van der Waals surface area contributed by atoms with Gasteiger partial charge in [0.2, 0.25) is 0 Å². The minimum absolute atomic E-state index is 0.0161. The van der Waals surface area contributed by atoms with Crippen LogP contribution < -0.4 is 14.8 Å². The number of benzene rings is 1. The molecule has 8 heteroatoms. The molecule has 0 spiro atoms. The van der Waals surface area contributed by atoms with E-state index in [0.717, 1.165) is 36.1 Å². The number of carbonyl (C=O) groups excluding carboxylic acids is 1. The summed E-state index contributed by atoms with van der Waals surface area (Å²) in [6.45, 7) is 6.44. The maximum atomic E-state index is 13.2. The Balaban J connectivity index is 1.58. The number of hydrogen-bond acceptors (Lipinski definition) is 6. The Kier molecular flexibility index (Phi) is 5.23. The summed E-state index contributed by atoms with van der Waals surface area (Å²) in [6, 6.07) is 7.70. The summed E-state index contributed by atoms with van der Waals surface area (Å²) in [6.07, 6.45) is 3.59. The maximum Gasteiger partial charge on any atom is 0.252 e. The lowest BCUT2D eigenvalue weighted by Crippen LogP contribution is -2.40. The summed E-state index contributed by atoms with van der Waals surface area (Å²) in [5.74, 6) is 1.27. The fraction of sp³-hybridized carbons (Fsp3) is 0.435. The molecule has 0 radical (unpaired) electrons. The first-order valence-corrected chi connectivity index (χ1v) is 10.8. The van der Waals surface area contributed by atoms with Crippen molar-refractivity contribution in [1.82, 2.24) is 20.1 Å². The van der Waals surface area contributed by atoms with E-state index in [0.29, 0.717) is 42.5 Å². The number of nitrogens with zero attached hydrogens (tertiary/aromatic N) is 3. The van der Waals surface area contributed by atoms with Crippen LogP contribution in [0.1, 0.15) is 43.1 Å². The zero-order valence-electron chi connectivity index (χ0n) is 17.8. The van der Waals surface area contributed by atoms with Gasteiger partial charge >= 0.3 is 0 Å². The van der Waals surface area contributed by atoms with Crippen molar-refractivity contribution in [3.8, 4) is 22.8 Å². The molecule has 1 N–H and O–H groups in total. The zero-order chi connectivity index (χ0) is 21.4. The number of nitrogens with one attached hydrogen (secondary N) is 1. The van der Waals surface area contributed by atoms with E-state index in [2.05, 4.69) is 10.4 Å². The van der Waals surface area contributed by atoms with Crippen molar-refractivity contribution in [1.29, 1.82) is 0 Å². The highest BCUT2D eigenvalue weighted by atomic mass is 16.6. The maximum absolute atomic E-state index is 13.2. The van der Waals surface area contributed by atoms with Gasteiger partial charge in [-0.15, -0.1) is 0 Å². The Morgan fingerprint density at radius 1 is 1.16 bits per heavy atom. The predicted octanol–water partition coefficient (Wildman–Crippen LogP) is 3.36. The molecule has 162 valence electrons. The van der Waals surface area contributed by atoms with Gasteiger partial charge in [-0.05, 0) is 51.0 Å². The molecule has 0 aliphatic carbocycles. The number of amides is 1. The Bertz CT molecular complexity index is 1120. The predicted molar refractivity (Wildman–Crippen MR) is 116 cm³/mol. The first kappa shape index (κ1) is 19.8. The highest BCUT2D eigenvalue weighted by molar-refractivity contribution is 6.06. The fourth-order valence-electron chi connectivity index (χ4n) is 4.05. The van der Waals surface area contributed by atoms with Crippen molar-refractivity contribution in [2.75, 3.05) is 26.4 Å². The van der Waals surface area contributed by atoms with Crippen LogP contribution in [0.15, 0.2) is 30.5 Å². The van der Waals surface area contributed by atoms with Crippen LogP contribution in [0.25, 0.3) is 22.3 Å². The highest BCUT2D eigenvalue weighted by Crippen LogP contribution is 2.35. The molecule has 4 heterocycles. The van der Waals surface area contributed by atoms with Crippen LogP contribution >= 0.6 is 0 Å². The molecule has 1 fully saturated rings. The summed E-state index contributed by atoms with van der Waals surface area (Å²) in [5.41, 5.74) is 2.80. The van der Waals surface area contributed by atoms with E-state index in [-0.39, 0.29) is 18.0 Å². The quantitative estimate of drug-likeness (QED) is 0.694. The summed E-state index contributed by atoms with van der Waals surface area (Å²) < 4.78 is 18.7. The molecule has 8 nitrogen and oxygen atoms in total. The van der Waals surface area contributed by atoms with Crippen LogP contribution in [0, 0.1) is 0 Å². The van der Waals surface area contributed by atoms with E-state index >= 15 is 0 Å². The molecule has 1 aromatic carbocycles. The van der Waals surface area contributed by atoms with E-state index in [1.807, 2.05) is 42.8 Å². The highest BCUT2D eigenvalue weighted by Gasteiger charge is 2.23. The smallest absolute Gasteiger partial charge is 0.252 e. The van der Waals surface area contributed by atoms with Crippen LogP contribution in [0.5, 0.6) is 11.5 Å². The van der Waals surface area contributed by atoms with Crippen molar-refractivity contribution < 1.29 is 19.0 Å². The molecule has 0 saturated carbocycles. The number of fused-ring (bicyclic) bond motifs is 2. The zero-order valence-corrected chi connectivity index (χ0v) is 17.8. The van der Waals surface area contributed by atoms with Crippen molar-refractivity contribution in [3.63, 3.8) is 0 Å². The van der Waals surface area contributed by atoms with Gasteiger partial charge in [-0.1, -0.05) is 0 Å². The normalized spacial score (nSPS) is 18.4. The van der Waals surface area contributed by atoms with Crippen molar-refractivity contribution in [2.24, 2.45) is 0 Å². The van der Waals surface area contributed by atoms with Gasteiger partial charge in [-0.25, -0.2) is 9.67 Å². The number of hydrogen-bond donors (Lipinski definition) is 1. The van der Waals surface area contributed by atoms with E-state index in [1.165, 1.54) is 0 Å². The Hall–Kier alpha value is -3.13. The first-order chi connectivity index (χ1) is 15.1. The molecule has 1 saturated heterocycles. The van der Waals surface area contributed by atoms with E-state index < -0.39 is 0 Å². The largest absolute Gasteiger partial charge is 0.486 e. The van der Waals surface area contributed by atoms with Gasteiger partial charge in [0.05, 0.1) is 35.5 Å². The number of aromatic nitrogens is 3. The Labute approximate surface area is 180 Å². The Morgan fingerprint density at radius 3 is 2.77 bits per heavy atom. The summed E-state index contributed by atoms with van der Waals surface area (Å²) >= 11 is 0. The summed E-state index contributed by atoms with van der Waals surface area (Å²) in [5, 5.41) is 8.36. The van der Waals surface area contributed by atoms with Gasteiger partial charge in [-0.3, -0.25) is 4.79 Å². The molecule has 1 atom stereocenters. The summed E-state index contributed by atoms with van der Waals surface area (Å²) in [7, 11) is 0. The van der Waals surface area contributed by atoms with E-state index in [4.69, 9.17) is 19.2 Å². The van der Waals surface area contributed by atoms with E-state index in [9.17, 15) is 4.79 Å². The minimum Gasteiger partial charge on any atom is -0.486 e. The molecule has 5 rings (SSSR count). The minimum atomic E-state index is -0.134. The molecule has 1 unspecified atom stereocenters. The lowest BCUT2D eigenvalue weighted by Gasteiger charge is -2.23. The van der Waals surface area contributed by atoms with Crippen LogP contribution in [-0.2, 0) is 4.74 Å². The van der Waals surface area contributed by atoms with E-state index in [1.54, 1.807) is 6.20 Å². The van der Waals surface area contributed by atoms with Gasteiger partial charge < -0.3 is 19.5 Å². The third-order valence-electron chi connectivity index (χ3n) is 5.63. The molecule has 2 aliphatic heterocycles. The van der Waals surface area contributed by atoms with Gasteiger partial charge in [0.1, 0.15) is 13.2 Å². The monoisotopic (exact) mass is 422 g/mol. The number of carbonyl (C=O) groups is 1. The molecule has 3 aromatic rings. The second kappa shape index (κ2) is 8.19. The molecule has 0 bridgehead atoms. The van der Waals surface area contributed by atoms with Crippen molar-refractivity contribution in [2.45, 2.75) is 38.8 Å². The second-order valence-electron chi connectivity index (χ2n) is 8.22. The number of pyridine rings is 1. The van der Waals surface area contributed by atoms with Gasteiger partial charge in [0.25, 0.3) is 5.91 Å². The fourth-order valence-corrected chi connectivity index (χ4v) is 4.05. The SMILES string of the molecule is CC(C)n1ncc2c(C(=O)NC3CCCOC3)cc(-c3ccc4c(c3)OCCO4)nc21. The lowest BCUT2D eigenvalue weighted by molar-refractivity contribution is 0.0625. The third-order valence-corrected chi connectivity index (χ3v) is 5.63. The molecule has 1 amide bonds. The first-order valence-electron chi connectivity index (χ1n) is 10.8. The van der Waals surface area contributed by atoms with Crippen molar-refractivity contribution in [3.05, 3.63) is 36.0 Å². The molecule has 31 heavy (non-hydrogen) atoms. The molecule has 2 aromatic heterocycles. The second-order valence-corrected chi connectivity index (χ2v) is 8.22. The average Bonchev–Trinajstić information content (AvgIpc) is 3.23. The lowest BCUT2D eigenvalue weighted by atomic mass is 10.0. The number of ether oxygens (including phenoxy) is 3. The Morgan fingerprint density at radius 2 is 2.00 bits per heavy atom. The summed E-state index contributed by atoms with van der Waals surface area (Å²) in [4.78, 5) is 18.1. The number of rotatable bonds is 4. The molecular formula is C23H26N4O4. The molecule has 2 aliphatic rings. The van der Waals surface area contributed by atoms with Crippen LogP contribution in [-0.4, -0.2) is 53.1 Å². The van der Waals surface area contributed by atoms with Gasteiger partial charge in [-0.2, -0.15) is 5.10 Å². The molecular weight excluding hydrogens is 396 g/mol. The average molecular weight is 422 g/mol.